The minimum absolute atomic E-state index is 0.166. The number of hydrogen-bond acceptors (Lipinski definition) is 5. The number of carbonyl (C=O) groups excluding carboxylic acids is 1. The van der Waals surface area contributed by atoms with Crippen LogP contribution >= 0.6 is 11.3 Å². The van der Waals surface area contributed by atoms with Crippen LogP contribution in [0.2, 0.25) is 0 Å². The molecule has 0 bridgehead atoms. The third kappa shape index (κ3) is 2.98. The van der Waals surface area contributed by atoms with Crippen LogP contribution in [0, 0.1) is 0 Å². The first kappa shape index (κ1) is 15.0. The van der Waals surface area contributed by atoms with E-state index in [1.807, 2.05) is 23.6 Å². The van der Waals surface area contributed by atoms with Gasteiger partial charge < -0.3 is 15.2 Å². The van der Waals surface area contributed by atoms with Crippen molar-refractivity contribution in [3.8, 4) is 5.88 Å². The van der Waals surface area contributed by atoms with Gasteiger partial charge in [-0.2, -0.15) is 0 Å². The van der Waals surface area contributed by atoms with Gasteiger partial charge >= 0.3 is 0 Å². The van der Waals surface area contributed by atoms with E-state index >= 15 is 0 Å². The number of nitrogens with zero attached hydrogens (tertiary/aromatic N) is 1. The third-order valence-electron chi connectivity index (χ3n) is 3.78. The summed E-state index contributed by atoms with van der Waals surface area (Å²) in [6.45, 7) is 0.166. The second-order valence-electron chi connectivity index (χ2n) is 5.25. The Bertz CT molecular complexity index is 670. The Hall–Kier alpha value is -1.92. The number of aliphatic hydroxyl groups is 1. The number of aryl methyl sites for hydroxylation is 2. The van der Waals surface area contributed by atoms with Crippen molar-refractivity contribution in [3.05, 3.63) is 45.3 Å². The van der Waals surface area contributed by atoms with E-state index < -0.39 is 6.10 Å². The summed E-state index contributed by atoms with van der Waals surface area (Å²) in [7, 11) is 1.51. The zero-order valence-corrected chi connectivity index (χ0v) is 13.2. The predicted octanol–water partition coefficient (Wildman–Crippen LogP) is 2.10. The second-order valence-corrected chi connectivity index (χ2v) is 6.23. The summed E-state index contributed by atoms with van der Waals surface area (Å²) in [5.41, 5.74) is 2.57. The molecule has 2 N–H and O–H groups in total. The first-order valence-electron chi connectivity index (χ1n) is 7.25. The van der Waals surface area contributed by atoms with Gasteiger partial charge in [0.15, 0.2) is 0 Å². The number of fused-ring (bicyclic) bond motifs is 1. The fourth-order valence-electron chi connectivity index (χ4n) is 2.64. The molecule has 22 heavy (non-hydrogen) atoms. The van der Waals surface area contributed by atoms with Gasteiger partial charge in [-0.15, -0.1) is 11.3 Å². The number of hydrogen-bond donors (Lipinski definition) is 2. The Morgan fingerprint density at radius 3 is 3.14 bits per heavy atom. The van der Waals surface area contributed by atoms with Crippen LogP contribution in [-0.2, 0) is 12.8 Å². The molecule has 1 aliphatic rings. The van der Waals surface area contributed by atoms with Gasteiger partial charge in [-0.05, 0) is 42.3 Å². The molecule has 0 spiro atoms. The Morgan fingerprint density at radius 1 is 1.55 bits per heavy atom. The number of rotatable bonds is 5. The van der Waals surface area contributed by atoms with E-state index in [4.69, 9.17) is 4.74 Å². The molecule has 0 radical (unpaired) electrons. The van der Waals surface area contributed by atoms with E-state index in [0.29, 0.717) is 11.4 Å². The van der Waals surface area contributed by atoms with Crippen molar-refractivity contribution in [2.75, 3.05) is 13.7 Å². The molecule has 1 aliphatic carbocycles. The van der Waals surface area contributed by atoms with Gasteiger partial charge in [0.25, 0.3) is 5.91 Å². The Labute approximate surface area is 133 Å². The first-order valence-corrected chi connectivity index (χ1v) is 8.13. The smallest absolute Gasteiger partial charge is 0.256 e. The lowest BCUT2D eigenvalue weighted by molar-refractivity contribution is 0.0914. The van der Waals surface area contributed by atoms with E-state index in [2.05, 4.69) is 10.3 Å². The fraction of sp³-hybridized carbons (Fsp3) is 0.375. The second kappa shape index (κ2) is 6.46. The molecule has 2 aromatic heterocycles. The molecule has 0 aliphatic heterocycles. The van der Waals surface area contributed by atoms with Crippen molar-refractivity contribution in [2.24, 2.45) is 0 Å². The number of pyridine rings is 1. The molecule has 1 amide bonds. The normalized spacial score (nSPS) is 14.5. The number of aliphatic hydroxyl groups excluding tert-OH is 1. The van der Waals surface area contributed by atoms with Crippen LogP contribution in [-0.4, -0.2) is 29.7 Å². The van der Waals surface area contributed by atoms with Crippen LogP contribution in [0.5, 0.6) is 5.88 Å². The number of ether oxygens (including phenoxy) is 1. The van der Waals surface area contributed by atoms with Gasteiger partial charge in [0.2, 0.25) is 5.88 Å². The number of nitrogens with one attached hydrogen (secondary N) is 1. The molecule has 0 unspecified atom stereocenters. The highest BCUT2D eigenvalue weighted by atomic mass is 32.1. The average Bonchev–Trinajstić information content (AvgIpc) is 3.21. The van der Waals surface area contributed by atoms with Crippen molar-refractivity contribution < 1.29 is 14.6 Å². The molecule has 2 heterocycles. The lowest BCUT2D eigenvalue weighted by Gasteiger charge is -2.13. The molecular weight excluding hydrogens is 300 g/mol. The molecule has 0 fully saturated rings. The van der Waals surface area contributed by atoms with E-state index in [-0.39, 0.29) is 12.5 Å². The molecule has 1 atom stereocenters. The topological polar surface area (TPSA) is 71.5 Å². The Balaban J connectivity index is 1.72. The standard InChI is InChI=1S/C16H18N2O3S/c1-21-16-11(8-10-4-2-5-12(10)18-16)15(20)17-9-13(19)14-6-3-7-22-14/h3,6-8,13,19H,2,4-5,9H2,1H3,(H,17,20)/t13-/m0/s1. The number of thiophene rings is 1. The summed E-state index contributed by atoms with van der Waals surface area (Å²) in [6.07, 6.45) is 2.25. The molecule has 3 rings (SSSR count). The van der Waals surface area contributed by atoms with Crippen molar-refractivity contribution in [1.29, 1.82) is 0 Å². The molecule has 6 heteroatoms. The number of aromatic nitrogens is 1. The number of amides is 1. The summed E-state index contributed by atoms with van der Waals surface area (Å²) in [6, 6.07) is 5.58. The van der Waals surface area contributed by atoms with Crippen molar-refractivity contribution >= 4 is 17.2 Å². The quantitative estimate of drug-likeness (QED) is 0.886. The summed E-state index contributed by atoms with van der Waals surface area (Å²) in [5.74, 6) is 0.0819. The van der Waals surface area contributed by atoms with Crippen LogP contribution < -0.4 is 10.1 Å². The lowest BCUT2D eigenvalue weighted by Crippen LogP contribution is -2.28. The summed E-state index contributed by atoms with van der Waals surface area (Å²) in [5, 5.41) is 14.7. The fourth-order valence-corrected chi connectivity index (χ4v) is 3.35. The van der Waals surface area contributed by atoms with Crippen molar-refractivity contribution in [1.82, 2.24) is 10.3 Å². The van der Waals surface area contributed by atoms with E-state index in [9.17, 15) is 9.90 Å². The van der Waals surface area contributed by atoms with Gasteiger partial charge in [0.05, 0.1) is 7.11 Å². The Morgan fingerprint density at radius 2 is 2.41 bits per heavy atom. The van der Waals surface area contributed by atoms with Gasteiger partial charge in [-0.1, -0.05) is 6.07 Å². The average molecular weight is 318 g/mol. The van der Waals surface area contributed by atoms with Crippen molar-refractivity contribution in [2.45, 2.75) is 25.4 Å². The molecule has 2 aromatic rings. The summed E-state index contributed by atoms with van der Waals surface area (Å²) in [4.78, 5) is 17.6. The van der Waals surface area contributed by atoms with Crippen LogP contribution in [0.25, 0.3) is 0 Å². The zero-order chi connectivity index (χ0) is 15.5. The van der Waals surface area contributed by atoms with Gasteiger partial charge in [0.1, 0.15) is 11.7 Å². The summed E-state index contributed by atoms with van der Waals surface area (Å²) < 4.78 is 5.24. The first-order chi connectivity index (χ1) is 10.7. The Kier molecular flexibility index (Phi) is 4.40. The zero-order valence-electron chi connectivity index (χ0n) is 12.3. The third-order valence-corrected chi connectivity index (χ3v) is 4.75. The van der Waals surface area contributed by atoms with E-state index in [1.54, 1.807) is 0 Å². The highest BCUT2D eigenvalue weighted by molar-refractivity contribution is 7.10. The van der Waals surface area contributed by atoms with Crippen molar-refractivity contribution in [3.63, 3.8) is 0 Å². The highest BCUT2D eigenvalue weighted by Crippen LogP contribution is 2.26. The molecule has 116 valence electrons. The summed E-state index contributed by atoms with van der Waals surface area (Å²) >= 11 is 1.46. The highest BCUT2D eigenvalue weighted by Gasteiger charge is 2.21. The molecule has 0 saturated carbocycles. The maximum Gasteiger partial charge on any atom is 0.256 e. The van der Waals surface area contributed by atoms with Gasteiger partial charge in [-0.3, -0.25) is 4.79 Å². The molecule has 5 nitrogen and oxygen atoms in total. The monoisotopic (exact) mass is 318 g/mol. The van der Waals surface area contributed by atoms with E-state index in [0.717, 1.165) is 35.4 Å². The van der Waals surface area contributed by atoms with Crippen LogP contribution in [0.15, 0.2) is 23.6 Å². The predicted molar refractivity (Wildman–Crippen MR) is 84.4 cm³/mol. The minimum Gasteiger partial charge on any atom is -0.480 e. The molecular formula is C16H18N2O3S. The minimum atomic E-state index is -0.697. The van der Waals surface area contributed by atoms with E-state index in [1.165, 1.54) is 18.4 Å². The van der Waals surface area contributed by atoms with Crippen LogP contribution in [0.4, 0.5) is 0 Å². The lowest BCUT2D eigenvalue weighted by atomic mass is 10.1. The van der Waals surface area contributed by atoms with Gasteiger partial charge in [0, 0.05) is 17.1 Å². The molecule has 0 aromatic carbocycles. The van der Waals surface area contributed by atoms with Gasteiger partial charge in [-0.25, -0.2) is 4.98 Å². The largest absolute Gasteiger partial charge is 0.480 e. The van der Waals surface area contributed by atoms with Crippen LogP contribution in [0.3, 0.4) is 0 Å². The SMILES string of the molecule is COc1nc2c(cc1C(=O)NC[C@H](O)c1cccs1)CCC2. The maximum atomic E-state index is 12.4. The number of methoxy groups -OCH3 is 1. The van der Waals surface area contributed by atoms with Crippen LogP contribution in [0.1, 0.15) is 39.0 Å². The maximum absolute atomic E-state index is 12.4. The molecule has 0 saturated heterocycles. The number of carbonyl (C=O) groups is 1.